The van der Waals surface area contributed by atoms with Gasteiger partial charge >= 0.3 is 23.9 Å². The van der Waals surface area contributed by atoms with Crippen LogP contribution in [0, 0.1) is 0 Å². The quantitative estimate of drug-likeness (QED) is 0.0774. The molecule has 0 aromatic heterocycles. The molecular formula is C50H58N4O12. The number of esters is 4. The zero-order valence-electron chi connectivity index (χ0n) is 38.0. The van der Waals surface area contributed by atoms with Crippen LogP contribution in [-0.4, -0.2) is 134 Å². The second kappa shape index (κ2) is 22.9. The lowest BCUT2D eigenvalue weighted by Crippen LogP contribution is -2.62. The minimum Gasteiger partial charge on any atom is -0.496 e. The largest absolute Gasteiger partial charge is 0.496 e. The number of rotatable bonds is 18. The molecule has 66 heavy (non-hydrogen) atoms. The van der Waals surface area contributed by atoms with Crippen molar-refractivity contribution in [2.24, 2.45) is 0 Å². The van der Waals surface area contributed by atoms with Gasteiger partial charge in [0.05, 0.1) is 41.5 Å². The van der Waals surface area contributed by atoms with Gasteiger partial charge in [0.2, 0.25) is 0 Å². The zero-order valence-corrected chi connectivity index (χ0v) is 38.0. The minimum atomic E-state index is -1.54. The summed E-state index contributed by atoms with van der Waals surface area (Å²) >= 11 is 0. The van der Waals surface area contributed by atoms with E-state index in [-0.39, 0.29) is 38.8 Å². The molecular weight excluding hydrogens is 849 g/mol. The van der Waals surface area contributed by atoms with E-state index in [2.05, 4.69) is 9.80 Å². The topological polar surface area (TPSA) is 171 Å². The first-order chi connectivity index (χ1) is 32.0. The van der Waals surface area contributed by atoms with Gasteiger partial charge in [-0.05, 0) is 48.9 Å². The van der Waals surface area contributed by atoms with Gasteiger partial charge in [0.25, 0.3) is 11.8 Å². The first-order valence-corrected chi connectivity index (χ1v) is 21.8. The van der Waals surface area contributed by atoms with Crippen LogP contribution in [0.4, 0.5) is 0 Å². The number of hydrogen-bond donors (Lipinski definition) is 0. The van der Waals surface area contributed by atoms with Crippen LogP contribution in [0.15, 0.2) is 109 Å². The highest BCUT2D eigenvalue weighted by atomic mass is 16.6. The third kappa shape index (κ3) is 11.5. The number of para-hydroxylation sites is 2. The number of carbonyl (C=O) groups is 6. The summed E-state index contributed by atoms with van der Waals surface area (Å²) in [5.41, 5.74) is 0.429. The Morgan fingerprint density at radius 2 is 0.818 bits per heavy atom. The second-order valence-electron chi connectivity index (χ2n) is 16.3. The number of carbonyl (C=O) groups excluding carboxylic acids is 6. The maximum Gasteiger partial charge on any atom is 0.418 e. The SMILES string of the molecule is COC(=O)C1(N(Cc2ccccc2OC)C(=O)COC(=O)C(=O)OCC(=O)N(Cc2ccccc2OC)C2(C(=O)OC)CCN(Cc3ccccc3)CC2)CCN(Cc2ccccc2)CC1. The zero-order chi connectivity index (χ0) is 47.1. The summed E-state index contributed by atoms with van der Waals surface area (Å²) in [4.78, 5) is 89.7. The van der Waals surface area contributed by atoms with Crippen LogP contribution in [-0.2, 0) is 73.9 Å². The first kappa shape index (κ1) is 48.7. The van der Waals surface area contributed by atoms with E-state index >= 15 is 0 Å². The number of piperidine rings is 2. The van der Waals surface area contributed by atoms with Crippen LogP contribution in [0.5, 0.6) is 11.5 Å². The predicted molar refractivity (Wildman–Crippen MR) is 240 cm³/mol. The molecule has 2 fully saturated rings. The van der Waals surface area contributed by atoms with Gasteiger partial charge in [0, 0.05) is 50.4 Å². The highest BCUT2D eigenvalue weighted by Crippen LogP contribution is 2.36. The van der Waals surface area contributed by atoms with Crippen molar-refractivity contribution in [2.45, 2.75) is 62.9 Å². The molecule has 0 bridgehead atoms. The van der Waals surface area contributed by atoms with Gasteiger partial charge in [0.1, 0.15) is 22.6 Å². The summed E-state index contributed by atoms with van der Waals surface area (Å²) in [6.45, 7) is 0.944. The van der Waals surface area contributed by atoms with Gasteiger partial charge in [-0.3, -0.25) is 19.4 Å². The Hall–Kier alpha value is -6.78. The van der Waals surface area contributed by atoms with Gasteiger partial charge in [-0.1, -0.05) is 97.1 Å². The van der Waals surface area contributed by atoms with E-state index in [1.165, 1.54) is 38.2 Å². The van der Waals surface area contributed by atoms with Crippen molar-refractivity contribution in [1.82, 2.24) is 19.6 Å². The molecule has 2 aliphatic rings. The van der Waals surface area contributed by atoms with Crippen LogP contribution in [0.1, 0.15) is 47.9 Å². The molecule has 0 atom stereocenters. The van der Waals surface area contributed by atoms with Crippen LogP contribution in [0.2, 0.25) is 0 Å². The summed E-state index contributed by atoms with van der Waals surface area (Å²) in [7, 11) is 5.49. The maximum atomic E-state index is 14.3. The first-order valence-electron chi connectivity index (χ1n) is 21.8. The number of amides is 2. The molecule has 4 aromatic rings. The van der Waals surface area contributed by atoms with Crippen LogP contribution in [0.25, 0.3) is 0 Å². The van der Waals surface area contributed by atoms with E-state index in [9.17, 15) is 28.8 Å². The number of methoxy groups -OCH3 is 4. The van der Waals surface area contributed by atoms with Gasteiger partial charge < -0.3 is 38.2 Å². The summed E-state index contributed by atoms with van der Waals surface area (Å²) < 4.78 is 32.3. The lowest BCUT2D eigenvalue weighted by atomic mass is 9.84. The fraction of sp³-hybridized carbons (Fsp3) is 0.400. The van der Waals surface area contributed by atoms with Crippen LogP contribution >= 0.6 is 0 Å². The fourth-order valence-corrected chi connectivity index (χ4v) is 8.89. The summed E-state index contributed by atoms with van der Waals surface area (Å²) in [5, 5.41) is 0. The molecule has 2 aliphatic heterocycles. The number of benzene rings is 4. The smallest absolute Gasteiger partial charge is 0.418 e. The lowest BCUT2D eigenvalue weighted by Gasteiger charge is -2.46. The summed E-state index contributed by atoms with van der Waals surface area (Å²) in [6.07, 6.45) is 0.813. The van der Waals surface area contributed by atoms with Crippen LogP contribution < -0.4 is 9.47 Å². The van der Waals surface area contributed by atoms with Crippen molar-refractivity contribution in [3.8, 4) is 11.5 Å². The van der Waals surface area contributed by atoms with Gasteiger partial charge in [-0.15, -0.1) is 0 Å². The molecule has 0 saturated carbocycles. The fourth-order valence-electron chi connectivity index (χ4n) is 8.89. The summed E-state index contributed by atoms with van der Waals surface area (Å²) in [6, 6.07) is 33.8. The normalized spacial score (nSPS) is 15.6. The molecule has 2 saturated heterocycles. The Balaban J connectivity index is 1.17. The number of hydrogen-bond acceptors (Lipinski definition) is 14. The Labute approximate surface area is 385 Å². The molecule has 0 N–H and O–H groups in total. The average Bonchev–Trinajstić information content (AvgIpc) is 3.36. The molecule has 16 nitrogen and oxygen atoms in total. The van der Waals surface area contributed by atoms with Crippen molar-refractivity contribution in [1.29, 1.82) is 0 Å². The van der Waals surface area contributed by atoms with E-state index in [1.54, 1.807) is 48.5 Å². The number of ether oxygens (including phenoxy) is 6. The number of likely N-dealkylation sites (tertiary alicyclic amines) is 2. The van der Waals surface area contributed by atoms with E-state index in [1.807, 2.05) is 60.7 Å². The molecule has 2 amide bonds. The third-order valence-electron chi connectivity index (χ3n) is 12.5. The van der Waals surface area contributed by atoms with Crippen molar-refractivity contribution in [3.05, 3.63) is 131 Å². The van der Waals surface area contributed by atoms with Crippen molar-refractivity contribution >= 4 is 35.7 Å². The Morgan fingerprint density at radius 1 is 0.485 bits per heavy atom. The van der Waals surface area contributed by atoms with E-state index in [0.29, 0.717) is 61.9 Å². The minimum absolute atomic E-state index is 0.110. The summed E-state index contributed by atoms with van der Waals surface area (Å²) in [5.74, 6) is -4.97. The predicted octanol–water partition coefficient (Wildman–Crippen LogP) is 4.56. The highest BCUT2D eigenvalue weighted by molar-refractivity contribution is 6.30. The second-order valence-corrected chi connectivity index (χ2v) is 16.3. The van der Waals surface area contributed by atoms with Crippen molar-refractivity contribution in [3.63, 3.8) is 0 Å². The standard InChI is InChI=1S/C50H58N4O12/c1-61-41-21-13-11-19-39(41)33-53(49(47(59)63-3)23-27-51(28-24-49)31-37-15-7-5-8-16-37)43(55)35-65-45(57)46(58)66-36-44(56)54(34-40-20-12-14-22-42(40)62-2)50(48(60)64-4)25-29-52(30-26-50)32-38-17-9-6-10-18-38/h5-22H,23-36H2,1-4H3. The highest BCUT2D eigenvalue weighted by Gasteiger charge is 2.51. The third-order valence-corrected chi connectivity index (χ3v) is 12.5. The monoisotopic (exact) mass is 906 g/mol. The molecule has 2 heterocycles. The van der Waals surface area contributed by atoms with Crippen molar-refractivity contribution in [2.75, 3.05) is 67.8 Å². The van der Waals surface area contributed by atoms with E-state index in [0.717, 1.165) is 11.1 Å². The van der Waals surface area contributed by atoms with Crippen LogP contribution in [0.3, 0.4) is 0 Å². The Morgan fingerprint density at radius 3 is 1.15 bits per heavy atom. The van der Waals surface area contributed by atoms with E-state index < -0.39 is 60.0 Å². The average molecular weight is 907 g/mol. The molecule has 0 unspecified atom stereocenters. The Bertz CT molecular complexity index is 2130. The molecule has 16 heteroatoms. The Kier molecular flexibility index (Phi) is 16.9. The molecule has 0 radical (unpaired) electrons. The molecule has 350 valence electrons. The molecule has 0 spiro atoms. The number of nitrogens with zero attached hydrogens (tertiary/aromatic N) is 4. The maximum absolute atomic E-state index is 14.3. The van der Waals surface area contributed by atoms with Gasteiger partial charge in [-0.25, -0.2) is 19.2 Å². The van der Waals surface area contributed by atoms with Crippen molar-refractivity contribution < 1.29 is 57.2 Å². The van der Waals surface area contributed by atoms with Gasteiger partial charge in [-0.2, -0.15) is 0 Å². The van der Waals surface area contributed by atoms with E-state index in [4.69, 9.17) is 28.4 Å². The lowest BCUT2D eigenvalue weighted by molar-refractivity contribution is -0.177. The molecule has 6 rings (SSSR count). The van der Waals surface area contributed by atoms with Gasteiger partial charge in [0.15, 0.2) is 13.2 Å². The molecule has 0 aliphatic carbocycles. The molecule has 4 aromatic carbocycles.